The third kappa shape index (κ3) is 6.59. The third-order valence-electron chi connectivity index (χ3n) is 6.58. The topological polar surface area (TPSA) is 89.5 Å². The normalized spacial score (nSPS) is 17.1. The maximum atomic E-state index is 12.9. The van der Waals surface area contributed by atoms with E-state index >= 15 is 0 Å². The summed E-state index contributed by atoms with van der Waals surface area (Å²) in [4.78, 5) is 0.0938. The Morgan fingerprint density at radius 2 is 1.38 bits per heavy atom. The summed E-state index contributed by atoms with van der Waals surface area (Å²) < 4.78 is 60.8. The Balaban J connectivity index is 1.68. The van der Waals surface area contributed by atoms with Crippen molar-refractivity contribution in [2.75, 3.05) is 34.2 Å². The highest BCUT2D eigenvalue weighted by atomic mass is 32.2. The highest BCUT2D eigenvalue weighted by Gasteiger charge is 2.32. The molecule has 0 bridgehead atoms. The van der Waals surface area contributed by atoms with Crippen LogP contribution in [-0.2, 0) is 21.2 Å². The van der Waals surface area contributed by atoms with Crippen molar-refractivity contribution in [2.45, 2.75) is 49.9 Å². The van der Waals surface area contributed by atoms with Gasteiger partial charge in [-0.05, 0) is 60.2 Å². The van der Waals surface area contributed by atoms with Gasteiger partial charge in [-0.25, -0.2) is 8.42 Å². The zero-order valence-corrected chi connectivity index (χ0v) is 23.9. The molecule has 4 rings (SSSR count). The van der Waals surface area contributed by atoms with Crippen molar-refractivity contribution in [2.24, 2.45) is 0 Å². The van der Waals surface area contributed by atoms with Gasteiger partial charge in [-0.3, -0.25) is 0 Å². The van der Waals surface area contributed by atoms with Crippen LogP contribution in [0.15, 0.2) is 59.5 Å². The number of sulfone groups is 1. The minimum atomic E-state index is -3.62. The fourth-order valence-corrected chi connectivity index (χ4v) is 5.51. The van der Waals surface area contributed by atoms with Crippen molar-refractivity contribution in [3.05, 3.63) is 71.3 Å². The molecule has 0 radical (unpaired) electrons. The fourth-order valence-electron chi connectivity index (χ4n) is 4.66. The molecule has 1 fully saturated rings. The van der Waals surface area contributed by atoms with E-state index in [0.717, 1.165) is 29.5 Å². The van der Waals surface area contributed by atoms with Gasteiger partial charge in [-0.2, -0.15) is 0 Å². The van der Waals surface area contributed by atoms with Crippen molar-refractivity contribution in [1.29, 1.82) is 0 Å². The number of methoxy groups -OCH3 is 3. The van der Waals surface area contributed by atoms with Crippen LogP contribution < -0.4 is 23.7 Å². The van der Waals surface area contributed by atoms with Gasteiger partial charge >= 0.3 is 0 Å². The summed E-state index contributed by atoms with van der Waals surface area (Å²) in [7, 11) is 1.09. The van der Waals surface area contributed by atoms with Crippen LogP contribution in [0.1, 0.15) is 55.1 Å². The van der Waals surface area contributed by atoms with E-state index in [9.17, 15) is 8.42 Å². The summed E-state index contributed by atoms with van der Waals surface area (Å²) in [5.41, 5.74) is 2.57. The van der Waals surface area contributed by atoms with Gasteiger partial charge in [0.15, 0.2) is 32.8 Å². The first-order valence-corrected chi connectivity index (χ1v) is 14.8. The molecule has 8 nitrogen and oxygen atoms in total. The minimum Gasteiger partial charge on any atom is -0.493 e. The van der Waals surface area contributed by atoms with Crippen LogP contribution in [0.25, 0.3) is 0 Å². The maximum absolute atomic E-state index is 12.9. The predicted molar refractivity (Wildman–Crippen MR) is 148 cm³/mol. The molecule has 1 aliphatic rings. The zero-order valence-electron chi connectivity index (χ0n) is 23.1. The maximum Gasteiger partial charge on any atom is 0.203 e. The minimum absolute atomic E-state index is 0.0938. The molecule has 1 heterocycles. The zero-order chi connectivity index (χ0) is 28.0. The molecule has 0 N–H and O–H groups in total. The molecule has 210 valence electrons. The van der Waals surface area contributed by atoms with E-state index in [1.807, 2.05) is 55.5 Å². The van der Waals surface area contributed by atoms with Crippen molar-refractivity contribution < 1.29 is 36.8 Å². The van der Waals surface area contributed by atoms with Crippen molar-refractivity contribution >= 4 is 9.84 Å². The Morgan fingerprint density at radius 1 is 0.795 bits per heavy atom. The molecular formula is C30H36O8S. The predicted octanol–water partition coefficient (Wildman–Crippen LogP) is 6.08. The van der Waals surface area contributed by atoms with E-state index < -0.39 is 9.84 Å². The van der Waals surface area contributed by atoms with E-state index in [1.54, 1.807) is 27.4 Å². The average molecular weight is 557 g/mol. The lowest BCUT2D eigenvalue weighted by Crippen LogP contribution is -2.09. The Labute approximate surface area is 230 Å². The highest BCUT2D eigenvalue weighted by molar-refractivity contribution is 7.90. The van der Waals surface area contributed by atoms with Crippen LogP contribution in [0.5, 0.6) is 28.7 Å². The fraction of sp³-hybridized carbons (Fsp3) is 0.400. The summed E-state index contributed by atoms with van der Waals surface area (Å²) >= 11 is 0. The molecule has 0 spiro atoms. The first kappa shape index (κ1) is 28.6. The van der Waals surface area contributed by atoms with E-state index in [0.29, 0.717) is 36.0 Å². The molecule has 9 heteroatoms. The second kappa shape index (κ2) is 12.6. The van der Waals surface area contributed by atoms with Crippen molar-refractivity contribution in [3.63, 3.8) is 0 Å². The summed E-state index contributed by atoms with van der Waals surface area (Å²) in [5.74, 6) is 2.22. The Hall–Kier alpha value is -3.43. The van der Waals surface area contributed by atoms with Crippen molar-refractivity contribution in [3.8, 4) is 28.7 Å². The third-order valence-corrected chi connectivity index (χ3v) is 7.68. The van der Waals surface area contributed by atoms with E-state index in [-0.39, 0.29) is 29.5 Å². The molecule has 3 aromatic carbocycles. The van der Waals surface area contributed by atoms with E-state index in [1.165, 1.54) is 6.26 Å². The largest absolute Gasteiger partial charge is 0.493 e. The number of hydrogen-bond acceptors (Lipinski definition) is 8. The number of benzene rings is 3. The molecule has 0 amide bonds. The second-order valence-electron chi connectivity index (χ2n) is 9.39. The van der Waals surface area contributed by atoms with Gasteiger partial charge in [0.05, 0.1) is 40.1 Å². The summed E-state index contributed by atoms with van der Waals surface area (Å²) in [6.07, 6.45) is 2.75. The monoisotopic (exact) mass is 556 g/mol. The molecule has 0 aliphatic carbocycles. The molecule has 3 aromatic rings. The van der Waals surface area contributed by atoms with Crippen LogP contribution in [-0.4, -0.2) is 42.6 Å². The van der Waals surface area contributed by atoms with Crippen LogP contribution in [0, 0.1) is 0 Å². The van der Waals surface area contributed by atoms with Gasteiger partial charge in [0.2, 0.25) is 5.75 Å². The summed E-state index contributed by atoms with van der Waals surface area (Å²) in [6.45, 7) is 2.61. The molecule has 1 aliphatic heterocycles. The number of rotatable bonds is 12. The molecule has 0 aromatic heterocycles. The van der Waals surface area contributed by atoms with Gasteiger partial charge in [-0.15, -0.1) is 0 Å². The number of hydrogen-bond donors (Lipinski definition) is 0. The second-order valence-corrected chi connectivity index (χ2v) is 11.4. The lowest BCUT2D eigenvalue weighted by Gasteiger charge is -2.21. The SMILES string of the molecule is CCCOc1c(OCc2ccccc2)cc([C@@H]2CC[C@@H](c3cc(OC)c(OC)c(OC)c3)O2)cc1S(C)(=O)=O. The molecule has 39 heavy (non-hydrogen) atoms. The first-order valence-electron chi connectivity index (χ1n) is 12.9. The lowest BCUT2D eigenvalue weighted by atomic mass is 10.0. The smallest absolute Gasteiger partial charge is 0.203 e. The first-order chi connectivity index (χ1) is 18.8. The van der Waals surface area contributed by atoms with Crippen LogP contribution in [0.4, 0.5) is 0 Å². The Kier molecular flexibility index (Phi) is 9.24. The summed E-state index contributed by atoms with van der Waals surface area (Å²) in [5, 5.41) is 0. The summed E-state index contributed by atoms with van der Waals surface area (Å²) in [6, 6.07) is 17.0. The van der Waals surface area contributed by atoms with Gasteiger partial charge in [0.25, 0.3) is 0 Å². The van der Waals surface area contributed by atoms with Gasteiger partial charge < -0.3 is 28.4 Å². The molecule has 2 atom stereocenters. The van der Waals surface area contributed by atoms with Crippen LogP contribution in [0.3, 0.4) is 0 Å². The van der Waals surface area contributed by atoms with Gasteiger partial charge in [0.1, 0.15) is 11.5 Å². The highest BCUT2D eigenvalue weighted by Crippen LogP contribution is 2.48. The molecule has 1 saturated heterocycles. The van der Waals surface area contributed by atoms with E-state index in [4.69, 9.17) is 28.4 Å². The van der Waals surface area contributed by atoms with Gasteiger partial charge in [0, 0.05) is 6.26 Å². The quantitative estimate of drug-likeness (QED) is 0.265. The Morgan fingerprint density at radius 3 is 1.92 bits per heavy atom. The molecule has 0 saturated carbocycles. The van der Waals surface area contributed by atoms with Crippen LogP contribution in [0.2, 0.25) is 0 Å². The molecular weight excluding hydrogens is 520 g/mol. The van der Waals surface area contributed by atoms with E-state index in [2.05, 4.69) is 0 Å². The van der Waals surface area contributed by atoms with Crippen LogP contribution >= 0.6 is 0 Å². The van der Waals surface area contributed by atoms with Crippen molar-refractivity contribution in [1.82, 2.24) is 0 Å². The molecule has 0 unspecified atom stereocenters. The average Bonchev–Trinajstić information content (AvgIpc) is 3.44. The Bertz CT molecular complexity index is 1350. The number of ether oxygens (including phenoxy) is 6. The lowest BCUT2D eigenvalue weighted by molar-refractivity contribution is 0.0434. The standard InChI is InChI=1S/C30H36O8S/c1-6-14-36-30-27(37-19-20-10-8-7-9-11-20)17-22(18-28(30)39(5,31)32)24-13-12-23(38-24)21-15-25(33-2)29(35-4)26(16-21)34-3/h7-11,15-18,23-24H,6,12-14,19H2,1-5H3/t23-,24-/m0/s1. The van der Waals surface area contributed by atoms with Gasteiger partial charge in [-0.1, -0.05) is 37.3 Å².